The van der Waals surface area contributed by atoms with E-state index in [4.69, 9.17) is 16.7 Å². The van der Waals surface area contributed by atoms with Gasteiger partial charge in [-0.25, -0.2) is 4.79 Å². The molecule has 0 fully saturated rings. The molecule has 1 heterocycles. The van der Waals surface area contributed by atoms with Crippen molar-refractivity contribution in [3.05, 3.63) is 21.3 Å². The average molecular weight is 291 g/mol. The highest BCUT2D eigenvalue weighted by molar-refractivity contribution is 7.16. The number of carboxylic acids is 1. The number of nitrogens with one attached hydrogen (secondary N) is 2. The Hall–Kier alpha value is -1.27. The maximum Gasteiger partial charge on any atom is 0.315 e. The first kappa shape index (κ1) is 14.8. The molecular formula is C11H15ClN2O3S. The number of carbonyl (C=O) groups is 2. The summed E-state index contributed by atoms with van der Waals surface area (Å²) in [7, 11) is 0. The summed E-state index contributed by atoms with van der Waals surface area (Å²) in [5, 5.41) is 13.9. The Morgan fingerprint density at radius 2 is 2.06 bits per heavy atom. The van der Waals surface area contributed by atoms with Crippen LogP contribution < -0.4 is 10.6 Å². The Morgan fingerprint density at radius 3 is 2.56 bits per heavy atom. The lowest BCUT2D eigenvalue weighted by Gasteiger charge is -2.16. The minimum Gasteiger partial charge on any atom is -0.481 e. The molecule has 0 radical (unpaired) electrons. The van der Waals surface area contributed by atoms with E-state index in [1.807, 2.05) is 13.0 Å². The van der Waals surface area contributed by atoms with Gasteiger partial charge in [-0.15, -0.1) is 11.3 Å². The number of carbonyl (C=O) groups excluding carboxylic acids is 1. The van der Waals surface area contributed by atoms with Gasteiger partial charge >= 0.3 is 12.0 Å². The molecule has 1 aromatic rings. The summed E-state index contributed by atoms with van der Waals surface area (Å²) >= 11 is 7.20. The van der Waals surface area contributed by atoms with E-state index in [-0.39, 0.29) is 18.5 Å². The molecule has 0 spiro atoms. The van der Waals surface area contributed by atoms with Crippen molar-refractivity contribution in [2.75, 3.05) is 0 Å². The molecule has 0 aliphatic carbocycles. The Labute approximate surface area is 114 Å². The van der Waals surface area contributed by atoms with Crippen LogP contribution in [0.5, 0.6) is 0 Å². The third kappa shape index (κ3) is 4.93. The fraction of sp³-hybridized carbons (Fsp3) is 0.455. The van der Waals surface area contributed by atoms with Gasteiger partial charge < -0.3 is 15.7 Å². The van der Waals surface area contributed by atoms with Gasteiger partial charge in [-0.1, -0.05) is 11.6 Å². The van der Waals surface area contributed by atoms with Gasteiger partial charge in [0.2, 0.25) is 0 Å². The van der Waals surface area contributed by atoms with Gasteiger partial charge in [-0.3, -0.25) is 4.79 Å². The zero-order valence-electron chi connectivity index (χ0n) is 10.1. The summed E-state index contributed by atoms with van der Waals surface area (Å²) in [6.07, 6.45) is -0.105. The topological polar surface area (TPSA) is 78.4 Å². The molecule has 0 aliphatic rings. The first-order chi connectivity index (χ1) is 8.38. The van der Waals surface area contributed by atoms with Crippen molar-refractivity contribution in [3.63, 3.8) is 0 Å². The molecule has 0 aromatic carbocycles. The number of halogens is 1. The molecule has 0 bridgehead atoms. The van der Waals surface area contributed by atoms with Crippen molar-refractivity contribution in [1.29, 1.82) is 0 Å². The summed E-state index contributed by atoms with van der Waals surface area (Å²) in [5.41, 5.74) is 0. The largest absolute Gasteiger partial charge is 0.481 e. The van der Waals surface area contributed by atoms with E-state index in [2.05, 4.69) is 10.6 Å². The van der Waals surface area contributed by atoms with E-state index in [9.17, 15) is 9.59 Å². The number of hydrogen-bond donors (Lipinski definition) is 3. The Balaban J connectivity index is 2.42. The fourth-order valence-electron chi connectivity index (χ4n) is 1.41. The van der Waals surface area contributed by atoms with Crippen LogP contribution in [-0.4, -0.2) is 23.1 Å². The van der Waals surface area contributed by atoms with Crippen molar-refractivity contribution >= 4 is 34.9 Å². The van der Waals surface area contributed by atoms with Gasteiger partial charge in [0, 0.05) is 10.9 Å². The van der Waals surface area contributed by atoms with E-state index < -0.39 is 12.0 Å². The highest BCUT2D eigenvalue weighted by Gasteiger charge is 2.14. The standard InChI is InChI=1S/C11H15ClN2O3S/c1-6(5-10(15)16)13-11(17)14-7(2)8-3-4-9(12)18-8/h3-4,6-7H,5H2,1-2H3,(H,15,16)(H2,13,14,17). The van der Waals surface area contributed by atoms with Crippen molar-refractivity contribution < 1.29 is 14.7 Å². The molecule has 0 aliphatic heterocycles. The quantitative estimate of drug-likeness (QED) is 0.780. The van der Waals surface area contributed by atoms with Crippen molar-refractivity contribution in [1.82, 2.24) is 10.6 Å². The van der Waals surface area contributed by atoms with Crippen molar-refractivity contribution in [2.24, 2.45) is 0 Å². The molecule has 5 nitrogen and oxygen atoms in total. The van der Waals surface area contributed by atoms with Crippen LogP contribution in [-0.2, 0) is 4.79 Å². The highest BCUT2D eigenvalue weighted by Crippen LogP contribution is 2.26. The molecule has 2 atom stereocenters. The summed E-state index contributed by atoms with van der Waals surface area (Å²) in [6, 6.07) is 2.64. The van der Waals surface area contributed by atoms with E-state index >= 15 is 0 Å². The van der Waals surface area contributed by atoms with Crippen LogP contribution in [0, 0.1) is 0 Å². The molecule has 7 heteroatoms. The number of aliphatic carboxylic acids is 1. The number of thiophene rings is 1. The second-order valence-corrected chi connectivity index (χ2v) is 5.73. The van der Waals surface area contributed by atoms with Gasteiger partial charge in [0.1, 0.15) is 0 Å². The number of amides is 2. The lowest BCUT2D eigenvalue weighted by Crippen LogP contribution is -2.42. The second-order valence-electron chi connectivity index (χ2n) is 3.98. The maximum atomic E-state index is 11.6. The van der Waals surface area contributed by atoms with Gasteiger partial charge in [0.25, 0.3) is 0 Å². The number of rotatable bonds is 5. The fourth-order valence-corrected chi connectivity index (χ4v) is 2.47. The third-order valence-electron chi connectivity index (χ3n) is 2.23. The lowest BCUT2D eigenvalue weighted by atomic mass is 10.2. The third-order valence-corrected chi connectivity index (χ3v) is 3.64. The summed E-state index contributed by atoms with van der Waals surface area (Å²) in [6.45, 7) is 3.48. The minimum atomic E-state index is -0.944. The predicted octanol–water partition coefficient (Wildman–Crippen LogP) is 2.62. The van der Waals surface area contributed by atoms with Crippen LogP contribution in [0.2, 0.25) is 4.34 Å². The van der Waals surface area contributed by atoms with Gasteiger partial charge in [0.05, 0.1) is 16.8 Å². The van der Waals surface area contributed by atoms with Crippen molar-refractivity contribution in [3.8, 4) is 0 Å². The number of urea groups is 1. The molecule has 2 unspecified atom stereocenters. The van der Waals surface area contributed by atoms with Crippen LogP contribution in [0.4, 0.5) is 4.79 Å². The maximum absolute atomic E-state index is 11.6. The smallest absolute Gasteiger partial charge is 0.315 e. The van der Waals surface area contributed by atoms with Crippen LogP contribution in [0.15, 0.2) is 12.1 Å². The molecule has 2 amide bonds. The Kier molecular flexibility index (Phi) is 5.43. The molecular weight excluding hydrogens is 276 g/mol. The lowest BCUT2D eigenvalue weighted by molar-refractivity contribution is -0.137. The van der Waals surface area contributed by atoms with Crippen LogP contribution in [0.3, 0.4) is 0 Å². The van der Waals surface area contributed by atoms with Gasteiger partial charge in [-0.05, 0) is 26.0 Å². The molecule has 18 heavy (non-hydrogen) atoms. The zero-order chi connectivity index (χ0) is 13.7. The Morgan fingerprint density at radius 1 is 1.39 bits per heavy atom. The van der Waals surface area contributed by atoms with Crippen molar-refractivity contribution in [2.45, 2.75) is 32.4 Å². The highest BCUT2D eigenvalue weighted by atomic mass is 35.5. The minimum absolute atomic E-state index is 0.105. The van der Waals surface area contributed by atoms with Crippen LogP contribution >= 0.6 is 22.9 Å². The van der Waals surface area contributed by atoms with E-state index in [1.54, 1.807) is 13.0 Å². The van der Waals surface area contributed by atoms with Gasteiger partial charge in [0.15, 0.2) is 0 Å². The monoisotopic (exact) mass is 290 g/mol. The van der Waals surface area contributed by atoms with Gasteiger partial charge in [-0.2, -0.15) is 0 Å². The molecule has 0 saturated heterocycles. The van der Waals surface area contributed by atoms with E-state index in [1.165, 1.54) is 11.3 Å². The molecule has 1 aromatic heterocycles. The van der Waals surface area contributed by atoms with E-state index in [0.29, 0.717) is 4.34 Å². The first-order valence-corrected chi connectivity index (χ1v) is 6.62. The number of carboxylic acid groups (broad SMARTS) is 1. The molecule has 100 valence electrons. The Bertz CT molecular complexity index is 436. The number of hydrogen-bond acceptors (Lipinski definition) is 3. The second kappa shape index (κ2) is 6.61. The summed E-state index contributed by atoms with van der Waals surface area (Å²) in [4.78, 5) is 23.0. The van der Waals surface area contributed by atoms with Crippen LogP contribution in [0.25, 0.3) is 0 Å². The zero-order valence-corrected chi connectivity index (χ0v) is 11.6. The predicted molar refractivity (Wildman–Crippen MR) is 71.1 cm³/mol. The average Bonchev–Trinajstić information content (AvgIpc) is 2.62. The molecule has 0 saturated carbocycles. The van der Waals surface area contributed by atoms with E-state index in [0.717, 1.165) is 4.88 Å². The first-order valence-electron chi connectivity index (χ1n) is 5.42. The summed E-state index contributed by atoms with van der Waals surface area (Å²) in [5.74, 6) is -0.944. The SMILES string of the molecule is CC(CC(=O)O)NC(=O)NC(C)c1ccc(Cl)s1. The molecule has 1 rings (SSSR count). The normalized spacial score (nSPS) is 13.7. The van der Waals surface area contributed by atoms with Crippen LogP contribution in [0.1, 0.15) is 31.2 Å². The summed E-state index contributed by atoms with van der Waals surface area (Å²) < 4.78 is 0.665. The molecule has 3 N–H and O–H groups in total.